The fourth-order valence-electron chi connectivity index (χ4n) is 2.91. The summed E-state index contributed by atoms with van der Waals surface area (Å²) in [6.45, 7) is -0.197. The van der Waals surface area contributed by atoms with Crippen LogP contribution in [0.5, 0.6) is 0 Å². The number of aliphatic hydroxyl groups is 1. The molecule has 0 aromatic carbocycles. The van der Waals surface area contributed by atoms with Gasteiger partial charge in [-0.05, 0) is 25.7 Å². The fourth-order valence-corrected chi connectivity index (χ4v) is 6.59. The summed E-state index contributed by atoms with van der Waals surface area (Å²) in [4.78, 5) is 0. The normalized spacial score (nSPS) is 27.4. The highest BCUT2D eigenvalue weighted by Gasteiger charge is 2.41. The fraction of sp³-hybridized carbons (Fsp3) is 1.00. The van der Waals surface area contributed by atoms with Gasteiger partial charge in [-0.3, -0.25) is 0 Å². The maximum Gasteiger partial charge on any atom is 0.215 e. The predicted octanol–water partition coefficient (Wildman–Crippen LogP) is -0.212. The highest BCUT2D eigenvalue weighted by Crippen LogP contribution is 2.31. The predicted molar refractivity (Wildman–Crippen MR) is 72.0 cm³/mol. The van der Waals surface area contributed by atoms with E-state index in [9.17, 15) is 21.9 Å². The van der Waals surface area contributed by atoms with Crippen molar-refractivity contribution in [1.82, 2.24) is 4.72 Å². The van der Waals surface area contributed by atoms with Gasteiger partial charge in [0.15, 0.2) is 0 Å². The molecular weight excluding hydrogens is 290 g/mol. The van der Waals surface area contributed by atoms with Crippen molar-refractivity contribution in [3.8, 4) is 0 Å². The summed E-state index contributed by atoms with van der Waals surface area (Å²) in [5, 5.41) is 8.79. The number of sulfone groups is 1. The smallest absolute Gasteiger partial charge is 0.215 e. The van der Waals surface area contributed by atoms with Crippen LogP contribution < -0.4 is 4.72 Å². The molecule has 0 bridgehead atoms. The first-order chi connectivity index (χ1) is 8.79. The van der Waals surface area contributed by atoms with E-state index >= 15 is 0 Å². The maximum atomic E-state index is 12.3. The van der Waals surface area contributed by atoms with Crippen LogP contribution in [0.25, 0.3) is 0 Å². The van der Waals surface area contributed by atoms with Crippen LogP contribution in [-0.4, -0.2) is 50.8 Å². The van der Waals surface area contributed by atoms with Crippen LogP contribution in [0, 0.1) is 0 Å². The van der Waals surface area contributed by atoms with Crippen molar-refractivity contribution in [1.29, 1.82) is 0 Å². The Balaban J connectivity index is 2.07. The Bertz CT molecular complexity index is 505. The Morgan fingerprint density at radius 2 is 1.68 bits per heavy atom. The second-order valence-corrected chi connectivity index (χ2v) is 9.91. The van der Waals surface area contributed by atoms with Gasteiger partial charge in [0.1, 0.15) is 9.84 Å². The average molecular weight is 311 g/mol. The number of hydrogen-bond acceptors (Lipinski definition) is 5. The van der Waals surface area contributed by atoms with E-state index in [0.717, 1.165) is 12.8 Å². The standard InChI is InChI=1S/C11H21NO5S2/c13-9-11(5-1-2-6-11)12-19(16,17)10-3-7-18(14,15)8-4-10/h10,12-13H,1-9H2. The number of aliphatic hydroxyl groups excluding tert-OH is 1. The molecule has 0 spiro atoms. The first kappa shape index (κ1) is 15.2. The molecule has 2 aliphatic rings. The molecule has 1 aliphatic carbocycles. The summed E-state index contributed by atoms with van der Waals surface area (Å²) in [6.07, 6.45) is 3.41. The van der Waals surface area contributed by atoms with Gasteiger partial charge in [0, 0.05) is 0 Å². The van der Waals surface area contributed by atoms with Crippen molar-refractivity contribution in [3.05, 3.63) is 0 Å². The Morgan fingerprint density at radius 3 is 2.16 bits per heavy atom. The first-order valence-corrected chi connectivity index (χ1v) is 9.99. The summed E-state index contributed by atoms with van der Waals surface area (Å²) in [5.74, 6) is -0.130. The Labute approximate surface area is 114 Å². The van der Waals surface area contributed by atoms with E-state index in [-0.39, 0.29) is 31.0 Å². The summed E-state index contributed by atoms with van der Waals surface area (Å²) in [5.41, 5.74) is -0.727. The van der Waals surface area contributed by atoms with E-state index in [0.29, 0.717) is 12.8 Å². The molecule has 8 heteroatoms. The van der Waals surface area contributed by atoms with Crippen molar-refractivity contribution in [3.63, 3.8) is 0 Å². The Morgan fingerprint density at radius 1 is 1.16 bits per heavy atom. The summed E-state index contributed by atoms with van der Waals surface area (Å²) < 4.78 is 49.9. The molecule has 0 amide bonds. The van der Waals surface area contributed by atoms with Crippen LogP contribution >= 0.6 is 0 Å². The third-order valence-corrected chi connectivity index (χ3v) is 7.94. The Hall–Kier alpha value is -0.180. The minimum atomic E-state index is -3.56. The van der Waals surface area contributed by atoms with Gasteiger partial charge >= 0.3 is 0 Å². The zero-order valence-electron chi connectivity index (χ0n) is 10.8. The van der Waals surface area contributed by atoms with Crippen molar-refractivity contribution < 1.29 is 21.9 Å². The first-order valence-electron chi connectivity index (χ1n) is 6.63. The van der Waals surface area contributed by atoms with E-state index < -0.39 is 30.6 Å². The highest BCUT2D eigenvalue weighted by atomic mass is 32.2. The lowest BCUT2D eigenvalue weighted by Crippen LogP contribution is -2.53. The molecular formula is C11H21NO5S2. The van der Waals surface area contributed by atoms with Gasteiger partial charge in [-0.15, -0.1) is 0 Å². The summed E-state index contributed by atoms with van der Waals surface area (Å²) in [7, 11) is -6.63. The van der Waals surface area contributed by atoms with Gasteiger partial charge in [-0.2, -0.15) is 0 Å². The largest absolute Gasteiger partial charge is 0.394 e. The molecule has 0 atom stereocenters. The number of sulfonamides is 1. The van der Waals surface area contributed by atoms with Crippen molar-refractivity contribution >= 4 is 19.9 Å². The van der Waals surface area contributed by atoms with Crippen molar-refractivity contribution in [2.45, 2.75) is 49.3 Å². The molecule has 1 saturated heterocycles. The number of hydrogen-bond donors (Lipinski definition) is 2. The molecule has 0 aromatic heterocycles. The van der Waals surface area contributed by atoms with Gasteiger partial charge in [0.25, 0.3) is 0 Å². The molecule has 6 nitrogen and oxygen atoms in total. The van der Waals surface area contributed by atoms with E-state index in [1.165, 1.54) is 0 Å². The summed E-state index contributed by atoms with van der Waals surface area (Å²) in [6, 6.07) is 0. The molecule has 0 aromatic rings. The molecule has 0 radical (unpaired) electrons. The average Bonchev–Trinajstić information content (AvgIpc) is 2.77. The minimum absolute atomic E-state index is 0.0648. The van der Waals surface area contributed by atoms with Crippen LogP contribution in [0.1, 0.15) is 38.5 Å². The molecule has 1 saturated carbocycles. The van der Waals surface area contributed by atoms with Crippen LogP contribution in [0.15, 0.2) is 0 Å². The van der Waals surface area contributed by atoms with Gasteiger partial charge < -0.3 is 5.11 Å². The topological polar surface area (TPSA) is 101 Å². The third kappa shape index (κ3) is 3.48. The van der Waals surface area contributed by atoms with Crippen LogP contribution in [0.2, 0.25) is 0 Å². The minimum Gasteiger partial charge on any atom is -0.394 e. The zero-order chi connectivity index (χ0) is 14.1. The maximum absolute atomic E-state index is 12.3. The lowest BCUT2D eigenvalue weighted by atomic mass is 10.0. The van der Waals surface area contributed by atoms with Gasteiger partial charge in [0.2, 0.25) is 10.0 Å². The lowest BCUT2D eigenvalue weighted by Gasteiger charge is -2.31. The van der Waals surface area contributed by atoms with E-state index in [2.05, 4.69) is 4.72 Å². The monoisotopic (exact) mass is 311 g/mol. The highest BCUT2D eigenvalue weighted by molar-refractivity contribution is 7.92. The van der Waals surface area contributed by atoms with Crippen LogP contribution in [0.3, 0.4) is 0 Å². The number of rotatable bonds is 4. The van der Waals surface area contributed by atoms with Crippen molar-refractivity contribution in [2.75, 3.05) is 18.1 Å². The van der Waals surface area contributed by atoms with Gasteiger partial charge in [-0.1, -0.05) is 12.8 Å². The molecule has 19 heavy (non-hydrogen) atoms. The molecule has 112 valence electrons. The molecule has 1 heterocycles. The second-order valence-electron chi connectivity index (χ2n) is 5.64. The zero-order valence-corrected chi connectivity index (χ0v) is 12.5. The SMILES string of the molecule is O=S1(=O)CCC(S(=O)(=O)NC2(CO)CCCC2)CC1. The van der Waals surface area contributed by atoms with E-state index in [1.54, 1.807) is 0 Å². The molecule has 2 rings (SSSR count). The van der Waals surface area contributed by atoms with Crippen LogP contribution in [-0.2, 0) is 19.9 Å². The second kappa shape index (κ2) is 5.31. The van der Waals surface area contributed by atoms with Gasteiger partial charge in [0.05, 0.1) is 28.9 Å². The van der Waals surface area contributed by atoms with E-state index in [4.69, 9.17) is 0 Å². The lowest BCUT2D eigenvalue weighted by molar-refractivity contribution is 0.185. The van der Waals surface area contributed by atoms with Crippen molar-refractivity contribution in [2.24, 2.45) is 0 Å². The molecule has 0 unspecified atom stereocenters. The number of nitrogens with one attached hydrogen (secondary N) is 1. The quantitative estimate of drug-likeness (QED) is 0.748. The van der Waals surface area contributed by atoms with E-state index in [1.807, 2.05) is 0 Å². The molecule has 1 aliphatic heterocycles. The summed E-state index contributed by atoms with van der Waals surface area (Å²) >= 11 is 0. The molecule has 2 fully saturated rings. The molecule has 2 N–H and O–H groups in total. The third-order valence-electron chi connectivity index (χ3n) is 4.16. The Kier molecular flexibility index (Phi) is 4.25. The van der Waals surface area contributed by atoms with Gasteiger partial charge in [-0.25, -0.2) is 21.6 Å². The van der Waals surface area contributed by atoms with Crippen LogP contribution in [0.4, 0.5) is 0 Å².